The van der Waals surface area contributed by atoms with Crippen LogP contribution >= 0.6 is 0 Å². The number of rotatable bonds is 3. The van der Waals surface area contributed by atoms with Crippen molar-refractivity contribution < 1.29 is 18.0 Å². The van der Waals surface area contributed by atoms with Gasteiger partial charge in [-0.05, 0) is 19.1 Å². The molecule has 1 amide bonds. The van der Waals surface area contributed by atoms with Crippen molar-refractivity contribution >= 4 is 17.5 Å². The third-order valence-electron chi connectivity index (χ3n) is 5.68. The predicted molar refractivity (Wildman–Crippen MR) is 115 cm³/mol. The zero-order valence-electron chi connectivity index (χ0n) is 18.4. The molecule has 4 aromatic rings. The topological polar surface area (TPSA) is 97.3 Å². The van der Waals surface area contributed by atoms with Crippen molar-refractivity contribution in [1.29, 1.82) is 0 Å². The summed E-state index contributed by atoms with van der Waals surface area (Å²) in [5.41, 5.74) is -0.0947. The zero-order chi connectivity index (χ0) is 24.0. The minimum absolute atomic E-state index is 0.0123. The molecule has 1 saturated heterocycles. The minimum atomic E-state index is -4.69. The van der Waals surface area contributed by atoms with Crippen LogP contribution in [0, 0.1) is 6.92 Å². The molecule has 1 aliphatic heterocycles. The van der Waals surface area contributed by atoms with Gasteiger partial charge in [-0.1, -0.05) is 0 Å². The Morgan fingerprint density at radius 2 is 1.79 bits per heavy atom. The lowest BCUT2D eigenvalue weighted by Gasteiger charge is -2.34. The van der Waals surface area contributed by atoms with Gasteiger partial charge in [-0.2, -0.15) is 23.4 Å². The number of hydrogen-bond acceptors (Lipinski definition) is 7. The van der Waals surface area contributed by atoms with E-state index < -0.39 is 17.8 Å². The zero-order valence-corrected chi connectivity index (χ0v) is 18.4. The number of piperazine rings is 1. The van der Waals surface area contributed by atoms with Crippen molar-refractivity contribution in [2.24, 2.45) is 7.05 Å². The van der Waals surface area contributed by atoms with Crippen molar-refractivity contribution in [3.8, 4) is 11.3 Å². The first-order valence-corrected chi connectivity index (χ1v) is 10.5. The van der Waals surface area contributed by atoms with Gasteiger partial charge in [-0.3, -0.25) is 9.48 Å². The number of alkyl halides is 3. The molecule has 0 bridgehead atoms. The fraction of sp³-hybridized carbons (Fsp3) is 0.333. The van der Waals surface area contributed by atoms with E-state index in [1.165, 1.54) is 4.68 Å². The van der Waals surface area contributed by atoms with Crippen LogP contribution in [0.25, 0.3) is 16.9 Å². The van der Waals surface area contributed by atoms with Crippen LogP contribution in [0.15, 0.2) is 36.9 Å². The molecule has 34 heavy (non-hydrogen) atoms. The number of carbonyl (C=O) groups excluding carboxylic acids is 1. The Morgan fingerprint density at radius 1 is 1.09 bits per heavy atom. The molecule has 0 atom stereocenters. The molecule has 5 heterocycles. The molecule has 5 rings (SSSR count). The SMILES string of the molecule is Cc1nn(C)cc1-c1cc(C(F)(F)F)n2ncc(C(=O)N3CCN(c4ncccn4)CC3)c2n1. The summed E-state index contributed by atoms with van der Waals surface area (Å²) in [7, 11) is 1.67. The maximum atomic E-state index is 13.9. The maximum absolute atomic E-state index is 13.9. The first-order chi connectivity index (χ1) is 16.2. The molecule has 0 N–H and O–H groups in total. The van der Waals surface area contributed by atoms with Gasteiger partial charge < -0.3 is 9.80 Å². The van der Waals surface area contributed by atoms with Crippen LogP contribution in [0.2, 0.25) is 0 Å². The number of aromatic nitrogens is 7. The molecular formula is C21H20F3N9O. The highest BCUT2D eigenvalue weighted by Gasteiger charge is 2.37. The summed E-state index contributed by atoms with van der Waals surface area (Å²) in [6, 6.07) is 2.65. The van der Waals surface area contributed by atoms with Gasteiger partial charge in [0.05, 0.1) is 17.6 Å². The highest BCUT2D eigenvalue weighted by Crippen LogP contribution is 2.33. The summed E-state index contributed by atoms with van der Waals surface area (Å²) in [5.74, 6) is 0.142. The van der Waals surface area contributed by atoms with Gasteiger partial charge in [0.1, 0.15) is 5.56 Å². The normalized spacial score (nSPS) is 14.7. The van der Waals surface area contributed by atoms with E-state index in [9.17, 15) is 18.0 Å². The van der Waals surface area contributed by atoms with Gasteiger partial charge in [0.15, 0.2) is 11.3 Å². The number of anilines is 1. The maximum Gasteiger partial charge on any atom is 0.433 e. The lowest BCUT2D eigenvalue weighted by atomic mass is 10.1. The van der Waals surface area contributed by atoms with Crippen molar-refractivity contribution in [3.05, 3.63) is 53.9 Å². The van der Waals surface area contributed by atoms with Gasteiger partial charge in [0.2, 0.25) is 5.95 Å². The second kappa shape index (κ2) is 8.08. The Balaban J connectivity index is 1.50. The molecule has 0 unspecified atom stereocenters. The third-order valence-corrected chi connectivity index (χ3v) is 5.68. The van der Waals surface area contributed by atoms with E-state index in [1.54, 1.807) is 43.5 Å². The summed E-state index contributed by atoms with van der Waals surface area (Å²) >= 11 is 0. The van der Waals surface area contributed by atoms with E-state index in [0.29, 0.717) is 47.9 Å². The standard InChI is InChI=1S/C21H20F3N9O/c1-13-15(12-30(2)29-13)16-10-17(21(22,23)24)33-18(28-16)14(11-27-33)19(34)31-6-8-32(9-7-31)20-25-4-3-5-26-20/h3-5,10-12H,6-9H2,1-2H3. The van der Waals surface area contributed by atoms with Crippen LogP contribution in [-0.2, 0) is 13.2 Å². The summed E-state index contributed by atoms with van der Waals surface area (Å²) < 4.78 is 43.8. The highest BCUT2D eigenvalue weighted by atomic mass is 19.4. The number of hydrogen-bond donors (Lipinski definition) is 0. The number of halogens is 3. The van der Waals surface area contributed by atoms with Gasteiger partial charge in [-0.15, -0.1) is 0 Å². The smallest absolute Gasteiger partial charge is 0.337 e. The predicted octanol–water partition coefficient (Wildman–Crippen LogP) is 2.21. The fourth-order valence-electron chi connectivity index (χ4n) is 4.04. The quantitative estimate of drug-likeness (QED) is 0.452. The number of carbonyl (C=O) groups is 1. The molecule has 1 aliphatic rings. The second-order valence-electron chi connectivity index (χ2n) is 7.95. The van der Waals surface area contributed by atoms with E-state index >= 15 is 0 Å². The van der Waals surface area contributed by atoms with Crippen LogP contribution in [0.3, 0.4) is 0 Å². The summed E-state index contributed by atoms with van der Waals surface area (Å²) in [6.07, 6.45) is 1.33. The molecule has 10 nitrogen and oxygen atoms in total. The lowest BCUT2D eigenvalue weighted by Crippen LogP contribution is -2.49. The largest absolute Gasteiger partial charge is 0.433 e. The molecule has 0 saturated carbocycles. The third kappa shape index (κ3) is 3.82. The summed E-state index contributed by atoms with van der Waals surface area (Å²) in [5, 5.41) is 8.05. The average Bonchev–Trinajstić information content (AvgIpc) is 3.40. The summed E-state index contributed by atoms with van der Waals surface area (Å²) in [4.78, 5) is 29.6. The van der Waals surface area contributed by atoms with Crippen LogP contribution in [-0.4, -0.2) is 71.3 Å². The molecule has 4 aromatic heterocycles. The van der Waals surface area contributed by atoms with E-state index in [1.807, 2.05) is 4.90 Å². The van der Waals surface area contributed by atoms with E-state index in [-0.39, 0.29) is 16.9 Å². The first-order valence-electron chi connectivity index (χ1n) is 10.5. The van der Waals surface area contributed by atoms with Crippen LogP contribution < -0.4 is 4.90 Å². The van der Waals surface area contributed by atoms with Gasteiger partial charge >= 0.3 is 6.18 Å². The monoisotopic (exact) mass is 471 g/mol. The summed E-state index contributed by atoms with van der Waals surface area (Å²) in [6.45, 7) is 3.41. The molecule has 176 valence electrons. The number of aryl methyl sites for hydroxylation is 2. The minimum Gasteiger partial charge on any atom is -0.337 e. The Kier molecular flexibility index (Phi) is 5.18. The second-order valence-corrected chi connectivity index (χ2v) is 7.95. The number of nitrogens with zero attached hydrogens (tertiary/aromatic N) is 9. The van der Waals surface area contributed by atoms with E-state index in [4.69, 9.17) is 0 Å². The Hall–Kier alpha value is -4.03. The average molecular weight is 471 g/mol. The van der Waals surface area contributed by atoms with Crippen molar-refractivity contribution in [2.45, 2.75) is 13.1 Å². The van der Waals surface area contributed by atoms with Gasteiger partial charge in [0.25, 0.3) is 5.91 Å². The van der Waals surface area contributed by atoms with Crippen LogP contribution in [0.5, 0.6) is 0 Å². The van der Waals surface area contributed by atoms with Crippen LogP contribution in [0.1, 0.15) is 21.7 Å². The molecule has 0 spiro atoms. The Labute approximate surface area is 191 Å². The molecule has 13 heteroatoms. The highest BCUT2D eigenvalue weighted by molar-refractivity contribution is 6.00. The van der Waals surface area contributed by atoms with E-state index in [0.717, 1.165) is 12.3 Å². The number of amides is 1. The molecular weight excluding hydrogens is 451 g/mol. The first kappa shape index (κ1) is 21.8. The molecule has 0 aromatic carbocycles. The molecule has 0 aliphatic carbocycles. The number of fused-ring (bicyclic) bond motifs is 1. The fourth-order valence-corrected chi connectivity index (χ4v) is 4.04. The molecule has 1 fully saturated rings. The Bertz CT molecular complexity index is 1360. The van der Waals surface area contributed by atoms with Crippen molar-refractivity contribution in [1.82, 2.24) is 39.2 Å². The Morgan fingerprint density at radius 3 is 2.41 bits per heavy atom. The van der Waals surface area contributed by atoms with Crippen molar-refractivity contribution in [2.75, 3.05) is 31.1 Å². The van der Waals surface area contributed by atoms with Crippen molar-refractivity contribution in [3.63, 3.8) is 0 Å². The molecule has 0 radical (unpaired) electrons. The van der Waals surface area contributed by atoms with Gasteiger partial charge in [-0.25, -0.2) is 19.5 Å². The lowest BCUT2D eigenvalue weighted by molar-refractivity contribution is -0.142. The van der Waals surface area contributed by atoms with Crippen LogP contribution in [0.4, 0.5) is 19.1 Å². The van der Waals surface area contributed by atoms with E-state index in [2.05, 4.69) is 25.1 Å². The van der Waals surface area contributed by atoms with Gasteiger partial charge in [0, 0.05) is 57.4 Å².